The predicted molar refractivity (Wildman–Crippen MR) is 83.4 cm³/mol. The van der Waals surface area contributed by atoms with Crippen LogP contribution in [-0.2, 0) is 9.59 Å². The van der Waals surface area contributed by atoms with Crippen molar-refractivity contribution < 1.29 is 14.3 Å². The van der Waals surface area contributed by atoms with Gasteiger partial charge in [-0.15, -0.1) is 0 Å². The number of ether oxygens (including phenoxy) is 1. The second-order valence-corrected chi connectivity index (χ2v) is 4.51. The molecular formula is C15H16N4O3. The molecule has 1 aromatic carbocycles. The second-order valence-electron chi connectivity index (χ2n) is 4.51. The minimum absolute atomic E-state index is 0.121. The molecular weight excluding hydrogens is 284 g/mol. The van der Waals surface area contributed by atoms with E-state index in [4.69, 9.17) is 4.74 Å². The number of nitrogens with zero attached hydrogens (tertiary/aromatic N) is 2. The summed E-state index contributed by atoms with van der Waals surface area (Å²) in [5.41, 5.74) is 5.58. The fourth-order valence-corrected chi connectivity index (χ4v) is 1.83. The van der Waals surface area contributed by atoms with Gasteiger partial charge in [0.25, 0.3) is 5.91 Å². The van der Waals surface area contributed by atoms with Crippen LogP contribution in [0.15, 0.2) is 40.5 Å². The van der Waals surface area contributed by atoms with Crippen LogP contribution in [0.1, 0.15) is 12.5 Å². The average Bonchev–Trinajstić information content (AvgIpc) is 2.87. The van der Waals surface area contributed by atoms with Crippen LogP contribution in [0, 0.1) is 5.92 Å². The Morgan fingerprint density at radius 3 is 2.91 bits per heavy atom. The van der Waals surface area contributed by atoms with Gasteiger partial charge in [0.15, 0.2) is 0 Å². The molecule has 0 aliphatic carbocycles. The first kappa shape index (κ1) is 15.4. The van der Waals surface area contributed by atoms with Crippen molar-refractivity contribution in [3.05, 3.63) is 35.9 Å². The summed E-state index contributed by atoms with van der Waals surface area (Å²) in [6, 6.07) is 7.52. The van der Waals surface area contributed by atoms with Gasteiger partial charge in [0.1, 0.15) is 11.5 Å². The highest BCUT2D eigenvalue weighted by molar-refractivity contribution is 6.44. The maximum Gasteiger partial charge on any atom is 0.288 e. The molecule has 0 radical (unpaired) electrons. The van der Waals surface area contributed by atoms with Crippen LogP contribution >= 0.6 is 0 Å². The normalized spacial score (nSPS) is 17.6. The van der Waals surface area contributed by atoms with Crippen molar-refractivity contribution in [1.29, 1.82) is 0 Å². The van der Waals surface area contributed by atoms with Crippen LogP contribution in [0.5, 0.6) is 5.75 Å². The molecule has 0 saturated heterocycles. The van der Waals surface area contributed by atoms with Crippen molar-refractivity contribution in [2.24, 2.45) is 16.1 Å². The summed E-state index contributed by atoms with van der Waals surface area (Å²) in [6.07, 6.45) is 4.90. The Morgan fingerprint density at radius 1 is 1.45 bits per heavy atom. The monoisotopic (exact) mass is 300 g/mol. The summed E-state index contributed by atoms with van der Waals surface area (Å²) < 4.78 is 5.21. The fraction of sp³-hybridized carbons (Fsp3) is 0.200. The summed E-state index contributed by atoms with van der Waals surface area (Å²) >= 11 is 0. The van der Waals surface area contributed by atoms with E-state index in [0.29, 0.717) is 0 Å². The molecule has 2 rings (SSSR count). The van der Waals surface area contributed by atoms with Gasteiger partial charge in [-0.05, 0) is 25.1 Å². The zero-order valence-electron chi connectivity index (χ0n) is 12.2. The van der Waals surface area contributed by atoms with E-state index < -0.39 is 11.8 Å². The molecule has 22 heavy (non-hydrogen) atoms. The molecule has 0 aromatic heterocycles. The summed E-state index contributed by atoms with van der Waals surface area (Å²) in [5.74, 6) is -0.632. The van der Waals surface area contributed by atoms with Crippen LogP contribution in [-0.4, -0.2) is 30.9 Å². The molecule has 0 fully saturated rings. The molecule has 2 N–H and O–H groups in total. The summed E-state index contributed by atoms with van der Waals surface area (Å²) in [6.45, 7) is 1.60. The highest BCUT2D eigenvalue weighted by Gasteiger charge is 2.30. The lowest BCUT2D eigenvalue weighted by Gasteiger charge is -2.02. The lowest BCUT2D eigenvalue weighted by Crippen LogP contribution is -2.32. The molecule has 1 heterocycles. The van der Waals surface area contributed by atoms with Crippen molar-refractivity contribution in [3.8, 4) is 5.75 Å². The number of allylic oxidation sites excluding steroid dienone is 1. The number of benzene rings is 1. The molecule has 2 amide bonds. The molecule has 0 spiro atoms. The number of amides is 2. The molecule has 7 heteroatoms. The van der Waals surface area contributed by atoms with Gasteiger partial charge in [-0.2, -0.15) is 10.2 Å². The SMILES string of the molecule is COc1ccccc1/C=C/C=N/NC(=O)C1=NNC(=O)C1C. The Labute approximate surface area is 127 Å². The van der Waals surface area contributed by atoms with Crippen molar-refractivity contribution in [1.82, 2.24) is 10.9 Å². The quantitative estimate of drug-likeness (QED) is 0.626. The van der Waals surface area contributed by atoms with Crippen LogP contribution < -0.4 is 15.6 Å². The Hall–Kier alpha value is -2.96. The molecule has 1 aromatic rings. The van der Waals surface area contributed by atoms with Gasteiger partial charge in [-0.1, -0.05) is 18.2 Å². The Kier molecular flexibility index (Phi) is 5.02. The van der Waals surface area contributed by atoms with E-state index in [1.54, 1.807) is 26.2 Å². The first-order chi connectivity index (χ1) is 10.6. The number of para-hydroxylation sites is 1. The fourth-order valence-electron chi connectivity index (χ4n) is 1.83. The molecule has 0 bridgehead atoms. The topological polar surface area (TPSA) is 92.2 Å². The molecule has 1 aliphatic heterocycles. The van der Waals surface area contributed by atoms with Gasteiger partial charge in [-0.25, -0.2) is 10.9 Å². The van der Waals surface area contributed by atoms with E-state index in [0.717, 1.165) is 11.3 Å². The van der Waals surface area contributed by atoms with Gasteiger partial charge in [0.2, 0.25) is 5.91 Å². The summed E-state index contributed by atoms with van der Waals surface area (Å²) in [7, 11) is 1.60. The van der Waals surface area contributed by atoms with E-state index in [9.17, 15) is 9.59 Å². The van der Waals surface area contributed by atoms with E-state index in [2.05, 4.69) is 21.1 Å². The maximum atomic E-state index is 11.7. The van der Waals surface area contributed by atoms with Crippen LogP contribution in [0.25, 0.3) is 6.08 Å². The van der Waals surface area contributed by atoms with E-state index >= 15 is 0 Å². The number of carbonyl (C=O) groups excluding carboxylic acids is 2. The highest BCUT2D eigenvalue weighted by atomic mass is 16.5. The van der Waals surface area contributed by atoms with E-state index in [1.165, 1.54) is 6.21 Å². The number of hydrazone groups is 2. The lowest BCUT2D eigenvalue weighted by atomic mass is 10.1. The number of rotatable bonds is 5. The largest absolute Gasteiger partial charge is 0.496 e. The molecule has 1 atom stereocenters. The van der Waals surface area contributed by atoms with E-state index in [1.807, 2.05) is 24.3 Å². The Morgan fingerprint density at radius 2 is 2.23 bits per heavy atom. The predicted octanol–water partition coefficient (Wildman–Crippen LogP) is 0.932. The highest BCUT2D eigenvalue weighted by Crippen LogP contribution is 2.18. The maximum absolute atomic E-state index is 11.7. The molecule has 7 nitrogen and oxygen atoms in total. The minimum atomic E-state index is -0.570. The number of carbonyl (C=O) groups is 2. The smallest absolute Gasteiger partial charge is 0.288 e. The van der Waals surface area contributed by atoms with Crippen molar-refractivity contribution in [2.45, 2.75) is 6.92 Å². The number of nitrogens with one attached hydrogen (secondary N) is 2. The van der Waals surface area contributed by atoms with Crippen LogP contribution in [0.3, 0.4) is 0 Å². The molecule has 0 saturated carbocycles. The van der Waals surface area contributed by atoms with Crippen molar-refractivity contribution in [2.75, 3.05) is 7.11 Å². The van der Waals surface area contributed by atoms with Crippen molar-refractivity contribution in [3.63, 3.8) is 0 Å². The third kappa shape index (κ3) is 3.57. The molecule has 1 aliphatic rings. The van der Waals surface area contributed by atoms with E-state index in [-0.39, 0.29) is 11.6 Å². The minimum Gasteiger partial charge on any atom is -0.496 e. The summed E-state index contributed by atoms with van der Waals surface area (Å²) in [4.78, 5) is 23.0. The van der Waals surface area contributed by atoms with Crippen molar-refractivity contribution >= 4 is 29.8 Å². The van der Waals surface area contributed by atoms with Gasteiger partial charge in [-0.3, -0.25) is 9.59 Å². The molecule has 114 valence electrons. The lowest BCUT2D eigenvalue weighted by molar-refractivity contribution is -0.122. The number of methoxy groups -OCH3 is 1. The Bertz CT molecular complexity index is 665. The zero-order chi connectivity index (χ0) is 15.9. The average molecular weight is 300 g/mol. The third-order valence-electron chi connectivity index (χ3n) is 3.06. The van der Waals surface area contributed by atoms with Crippen LogP contribution in [0.2, 0.25) is 0 Å². The zero-order valence-corrected chi connectivity index (χ0v) is 12.2. The first-order valence-electron chi connectivity index (χ1n) is 6.64. The van der Waals surface area contributed by atoms with Gasteiger partial charge < -0.3 is 4.74 Å². The standard InChI is InChI=1S/C15H16N4O3/c1-10-13(17-19-14(10)20)15(21)18-16-9-5-7-11-6-3-4-8-12(11)22-2/h3-10H,1-2H3,(H,18,21)(H,19,20)/b7-5+,16-9+. The number of hydrogen-bond acceptors (Lipinski definition) is 5. The summed E-state index contributed by atoms with van der Waals surface area (Å²) in [5, 5.41) is 7.44. The van der Waals surface area contributed by atoms with Gasteiger partial charge in [0, 0.05) is 11.8 Å². The first-order valence-corrected chi connectivity index (χ1v) is 6.64. The second kappa shape index (κ2) is 7.16. The van der Waals surface area contributed by atoms with Crippen LogP contribution in [0.4, 0.5) is 0 Å². The van der Waals surface area contributed by atoms with Gasteiger partial charge >= 0.3 is 0 Å². The van der Waals surface area contributed by atoms with Gasteiger partial charge in [0.05, 0.1) is 13.0 Å². The molecule has 1 unspecified atom stereocenters. The third-order valence-corrected chi connectivity index (χ3v) is 3.06. The number of hydrogen-bond donors (Lipinski definition) is 2. The Balaban J connectivity index is 1.89.